The highest BCUT2D eigenvalue weighted by molar-refractivity contribution is 5.95. The largest absolute Gasteiger partial charge is 0.338 e. The second kappa shape index (κ2) is 8.72. The Hall–Kier alpha value is -2.43. The molecule has 0 saturated carbocycles. The Bertz CT molecular complexity index is 919. The molecule has 1 aromatic heterocycles. The van der Waals surface area contributed by atoms with Gasteiger partial charge in [0.2, 0.25) is 0 Å². The molecule has 28 heavy (non-hydrogen) atoms. The van der Waals surface area contributed by atoms with Gasteiger partial charge in [-0.1, -0.05) is 18.2 Å². The normalized spacial score (nSPS) is 17.0. The van der Waals surface area contributed by atoms with E-state index in [1.165, 1.54) is 6.07 Å². The van der Waals surface area contributed by atoms with Crippen molar-refractivity contribution in [2.75, 3.05) is 13.1 Å². The SMILES string of the molecule is CCn1c(C)cc(C)c(C(=O)N2CCC[C@H](CCc3ccccc3F)C2)c1=O. The molecule has 2 heterocycles. The van der Waals surface area contributed by atoms with Crippen LogP contribution < -0.4 is 5.56 Å². The predicted octanol–water partition coefficient (Wildman–Crippen LogP) is 4.11. The molecule has 1 aliphatic heterocycles. The monoisotopic (exact) mass is 384 g/mol. The van der Waals surface area contributed by atoms with Crippen molar-refractivity contribution in [3.05, 3.63) is 68.9 Å². The van der Waals surface area contributed by atoms with E-state index in [1.54, 1.807) is 10.6 Å². The van der Waals surface area contributed by atoms with Crippen LogP contribution in [0.3, 0.4) is 0 Å². The average molecular weight is 384 g/mol. The zero-order chi connectivity index (χ0) is 20.3. The molecule has 4 nitrogen and oxygen atoms in total. The second-order valence-corrected chi connectivity index (χ2v) is 7.78. The van der Waals surface area contributed by atoms with E-state index in [0.29, 0.717) is 37.5 Å². The Morgan fingerprint density at radius 3 is 2.71 bits per heavy atom. The summed E-state index contributed by atoms with van der Waals surface area (Å²) < 4.78 is 15.5. The summed E-state index contributed by atoms with van der Waals surface area (Å²) in [6.45, 7) is 7.50. The summed E-state index contributed by atoms with van der Waals surface area (Å²) in [7, 11) is 0. The first-order valence-corrected chi connectivity index (χ1v) is 10.2. The van der Waals surface area contributed by atoms with E-state index in [1.807, 2.05) is 43.9 Å². The van der Waals surface area contributed by atoms with Gasteiger partial charge in [-0.25, -0.2) is 4.39 Å². The van der Waals surface area contributed by atoms with E-state index in [-0.39, 0.29) is 17.3 Å². The van der Waals surface area contributed by atoms with E-state index >= 15 is 0 Å². The number of aromatic nitrogens is 1. The van der Waals surface area contributed by atoms with Gasteiger partial charge in [0.1, 0.15) is 11.4 Å². The molecule has 1 atom stereocenters. The van der Waals surface area contributed by atoms with Crippen LogP contribution in [0.15, 0.2) is 35.1 Å². The lowest BCUT2D eigenvalue weighted by Gasteiger charge is -2.33. The van der Waals surface area contributed by atoms with Crippen LogP contribution in [0, 0.1) is 25.6 Å². The fourth-order valence-electron chi connectivity index (χ4n) is 4.28. The number of hydrogen-bond donors (Lipinski definition) is 0. The van der Waals surface area contributed by atoms with Crippen molar-refractivity contribution >= 4 is 5.91 Å². The first-order valence-electron chi connectivity index (χ1n) is 10.2. The number of piperidine rings is 1. The average Bonchev–Trinajstić information content (AvgIpc) is 2.67. The summed E-state index contributed by atoms with van der Waals surface area (Å²) >= 11 is 0. The number of aryl methyl sites for hydroxylation is 3. The van der Waals surface area contributed by atoms with Gasteiger partial charge in [-0.3, -0.25) is 9.59 Å². The van der Waals surface area contributed by atoms with Crippen LogP contribution >= 0.6 is 0 Å². The Morgan fingerprint density at radius 2 is 2.00 bits per heavy atom. The van der Waals surface area contributed by atoms with Crippen molar-refractivity contribution in [3.8, 4) is 0 Å². The molecule has 1 saturated heterocycles. The molecule has 0 N–H and O–H groups in total. The number of nitrogens with zero attached hydrogens (tertiary/aromatic N) is 2. The highest BCUT2D eigenvalue weighted by Gasteiger charge is 2.27. The minimum atomic E-state index is -0.196. The van der Waals surface area contributed by atoms with Gasteiger partial charge in [0.15, 0.2) is 0 Å². The number of halogens is 1. The quantitative estimate of drug-likeness (QED) is 0.779. The molecule has 2 aromatic rings. The maximum absolute atomic E-state index is 13.9. The molecule has 0 bridgehead atoms. The van der Waals surface area contributed by atoms with Gasteiger partial charge >= 0.3 is 0 Å². The Kier molecular flexibility index (Phi) is 6.32. The minimum Gasteiger partial charge on any atom is -0.338 e. The lowest BCUT2D eigenvalue weighted by atomic mass is 9.91. The van der Waals surface area contributed by atoms with Gasteiger partial charge < -0.3 is 9.47 Å². The van der Waals surface area contributed by atoms with Gasteiger partial charge in [0.05, 0.1) is 0 Å². The maximum Gasteiger partial charge on any atom is 0.263 e. The molecular formula is C23H29FN2O2. The van der Waals surface area contributed by atoms with Gasteiger partial charge in [0, 0.05) is 25.3 Å². The topological polar surface area (TPSA) is 42.3 Å². The minimum absolute atomic E-state index is 0.165. The van der Waals surface area contributed by atoms with Crippen LogP contribution in [0.1, 0.15) is 53.4 Å². The van der Waals surface area contributed by atoms with E-state index in [2.05, 4.69) is 0 Å². The molecule has 1 amide bonds. The van der Waals surface area contributed by atoms with Crippen molar-refractivity contribution in [2.24, 2.45) is 5.92 Å². The fraction of sp³-hybridized carbons (Fsp3) is 0.478. The van der Waals surface area contributed by atoms with Crippen LogP contribution in [0.4, 0.5) is 4.39 Å². The number of benzene rings is 1. The number of rotatable bonds is 5. The first kappa shape index (κ1) is 20.3. The van der Waals surface area contributed by atoms with Crippen molar-refractivity contribution in [1.29, 1.82) is 0 Å². The summed E-state index contributed by atoms with van der Waals surface area (Å²) in [4.78, 5) is 27.8. The molecular weight excluding hydrogens is 355 g/mol. The fourth-order valence-corrected chi connectivity index (χ4v) is 4.28. The summed E-state index contributed by atoms with van der Waals surface area (Å²) in [6.07, 6.45) is 3.47. The number of likely N-dealkylation sites (tertiary alicyclic amines) is 1. The molecule has 0 radical (unpaired) electrons. The van der Waals surface area contributed by atoms with E-state index < -0.39 is 0 Å². The summed E-state index contributed by atoms with van der Waals surface area (Å²) in [5.41, 5.74) is 2.44. The van der Waals surface area contributed by atoms with Crippen molar-refractivity contribution in [1.82, 2.24) is 9.47 Å². The van der Waals surface area contributed by atoms with E-state index in [9.17, 15) is 14.0 Å². The third-order valence-electron chi connectivity index (χ3n) is 5.82. The van der Waals surface area contributed by atoms with Gasteiger partial charge in [-0.2, -0.15) is 0 Å². The smallest absolute Gasteiger partial charge is 0.263 e. The molecule has 150 valence electrons. The lowest BCUT2D eigenvalue weighted by molar-refractivity contribution is 0.0665. The third-order valence-corrected chi connectivity index (χ3v) is 5.82. The van der Waals surface area contributed by atoms with Crippen molar-refractivity contribution in [3.63, 3.8) is 0 Å². The third kappa shape index (κ3) is 4.18. The Morgan fingerprint density at radius 1 is 1.25 bits per heavy atom. The van der Waals surface area contributed by atoms with Crippen LogP contribution in [0.5, 0.6) is 0 Å². The number of hydrogen-bond acceptors (Lipinski definition) is 2. The van der Waals surface area contributed by atoms with Crippen LogP contribution in [0.25, 0.3) is 0 Å². The van der Waals surface area contributed by atoms with Crippen LogP contribution in [-0.2, 0) is 13.0 Å². The Balaban J connectivity index is 1.73. The van der Waals surface area contributed by atoms with Gasteiger partial charge in [0.25, 0.3) is 11.5 Å². The summed E-state index contributed by atoms with van der Waals surface area (Å²) in [5.74, 6) is -0.00149. The molecule has 0 unspecified atom stereocenters. The highest BCUT2D eigenvalue weighted by Crippen LogP contribution is 2.24. The number of carbonyl (C=O) groups is 1. The standard InChI is InChI=1S/C23H29FN2O2/c1-4-26-17(3)14-16(2)21(23(26)28)22(27)25-13-7-8-18(15-25)11-12-19-9-5-6-10-20(19)24/h5-6,9-10,14,18H,4,7-8,11-13,15H2,1-3H3/t18-/m1/s1. The van der Waals surface area contributed by atoms with Crippen LogP contribution in [0.2, 0.25) is 0 Å². The zero-order valence-electron chi connectivity index (χ0n) is 17.0. The zero-order valence-corrected chi connectivity index (χ0v) is 17.0. The molecule has 0 spiro atoms. The van der Waals surface area contributed by atoms with E-state index in [4.69, 9.17) is 0 Å². The molecule has 1 aromatic carbocycles. The highest BCUT2D eigenvalue weighted by atomic mass is 19.1. The summed E-state index contributed by atoms with van der Waals surface area (Å²) in [5, 5.41) is 0. The van der Waals surface area contributed by atoms with Gasteiger partial charge in [-0.05, 0) is 75.6 Å². The summed E-state index contributed by atoms with van der Waals surface area (Å²) in [6, 6.07) is 8.79. The molecule has 3 rings (SSSR count). The van der Waals surface area contributed by atoms with Crippen molar-refractivity contribution in [2.45, 2.75) is 53.0 Å². The number of carbonyl (C=O) groups excluding carboxylic acids is 1. The first-order chi connectivity index (χ1) is 13.4. The molecule has 1 fully saturated rings. The number of pyridine rings is 1. The number of amides is 1. The maximum atomic E-state index is 13.9. The Labute approximate surface area is 166 Å². The second-order valence-electron chi connectivity index (χ2n) is 7.78. The van der Waals surface area contributed by atoms with Gasteiger partial charge in [-0.15, -0.1) is 0 Å². The molecule has 5 heteroatoms. The molecule has 1 aliphatic rings. The van der Waals surface area contributed by atoms with Crippen LogP contribution in [-0.4, -0.2) is 28.5 Å². The molecule has 0 aliphatic carbocycles. The van der Waals surface area contributed by atoms with Crippen molar-refractivity contribution < 1.29 is 9.18 Å². The predicted molar refractivity (Wildman–Crippen MR) is 109 cm³/mol. The van der Waals surface area contributed by atoms with E-state index in [0.717, 1.165) is 36.1 Å². The lowest BCUT2D eigenvalue weighted by Crippen LogP contribution is -2.43.